The number of benzene rings is 3. The van der Waals surface area contributed by atoms with Crippen LogP contribution < -0.4 is 10.0 Å². The maximum Gasteiger partial charge on any atom is 0.264 e. The largest absolute Gasteiger partial charge is 0.345 e. The number of sulfonamides is 1. The fraction of sp³-hybridized carbons (Fsp3) is 0.0870. The Balaban J connectivity index is 1.62. The predicted octanol–water partition coefficient (Wildman–Crippen LogP) is 4.20. The zero-order chi connectivity index (χ0) is 23.6. The number of rotatable bonds is 6. The standard InChI is InChI=1S/C23H18F2N4O3S/c1-14(16-10-9-15(24)13-18(16)25)28-23(30)17-5-2-3-6-19(17)29-33(31,32)21-8-4-7-20-22(21)27-12-11-26-20/h2-14,29H,1H3,(H,28,30). The molecule has 33 heavy (non-hydrogen) atoms. The zero-order valence-corrected chi connectivity index (χ0v) is 18.1. The van der Waals surface area contributed by atoms with Crippen LogP contribution in [0.3, 0.4) is 0 Å². The van der Waals surface area contributed by atoms with Gasteiger partial charge in [0, 0.05) is 24.0 Å². The number of hydrogen-bond acceptors (Lipinski definition) is 5. The van der Waals surface area contributed by atoms with Crippen LogP contribution in [0.2, 0.25) is 0 Å². The number of fused-ring (bicyclic) bond motifs is 1. The maximum atomic E-state index is 14.1. The highest BCUT2D eigenvalue weighted by atomic mass is 32.2. The molecule has 0 saturated carbocycles. The van der Waals surface area contributed by atoms with Gasteiger partial charge in [0.05, 0.1) is 22.8 Å². The van der Waals surface area contributed by atoms with E-state index in [4.69, 9.17) is 0 Å². The van der Waals surface area contributed by atoms with Crippen molar-refractivity contribution in [3.05, 3.63) is 95.8 Å². The molecular formula is C23H18F2N4O3S. The van der Waals surface area contributed by atoms with Gasteiger partial charge in [-0.05, 0) is 37.3 Å². The van der Waals surface area contributed by atoms with E-state index in [9.17, 15) is 22.0 Å². The van der Waals surface area contributed by atoms with Gasteiger partial charge in [0.2, 0.25) is 0 Å². The Hall–Kier alpha value is -3.92. The van der Waals surface area contributed by atoms with Gasteiger partial charge in [0.15, 0.2) is 0 Å². The van der Waals surface area contributed by atoms with Gasteiger partial charge in [-0.1, -0.05) is 24.3 Å². The first-order valence-corrected chi connectivity index (χ1v) is 11.3. The first-order valence-electron chi connectivity index (χ1n) is 9.83. The van der Waals surface area contributed by atoms with Crippen LogP contribution in [0, 0.1) is 11.6 Å². The van der Waals surface area contributed by atoms with E-state index in [2.05, 4.69) is 20.0 Å². The van der Waals surface area contributed by atoms with Crippen LogP contribution in [0.4, 0.5) is 14.5 Å². The monoisotopic (exact) mass is 468 g/mol. The molecule has 4 rings (SSSR count). The van der Waals surface area contributed by atoms with Crippen molar-refractivity contribution in [3.63, 3.8) is 0 Å². The van der Waals surface area contributed by atoms with Gasteiger partial charge in [-0.15, -0.1) is 0 Å². The highest BCUT2D eigenvalue weighted by Crippen LogP contribution is 2.25. The number of hydrogen-bond donors (Lipinski definition) is 2. The molecule has 0 bridgehead atoms. The first-order chi connectivity index (χ1) is 15.8. The summed E-state index contributed by atoms with van der Waals surface area (Å²) in [5.74, 6) is -2.16. The normalized spacial score (nSPS) is 12.3. The SMILES string of the molecule is CC(NC(=O)c1ccccc1NS(=O)(=O)c1cccc2nccnc12)c1ccc(F)cc1F. The van der Waals surface area contributed by atoms with Gasteiger partial charge in [-0.2, -0.15) is 0 Å². The number of amides is 1. The molecule has 2 N–H and O–H groups in total. The zero-order valence-electron chi connectivity index (χ0n) is 17.3. The fourth-order valence-corrected chi connectivity index (χ4v) is 4.60. The molecule has 1 unspecified atom stereocenters. The summed E-state index contributed by atoms with van der Waals surface area (Å²) in [4.78, 5) is 21.0. The van der Waals surface area contributed by atoms with Crippen molar-refractivity contribution in [2.75, 3.05) is 4.72 Å². The molecule has 0 saturated heterocycles. The lowest BCUT2D eigenvalue weighted by Gasteiger charge is -2.17. The Labute approximate surface area is 188 Å². The average molecular weight is 468 g/mol. The van der Waals surface area contributed by atoms with E-state index >= 15 is 0 Å². The predicted molar refractivity (Wildman–Crippen MR) is 119 cm³/mol. The molecule has 1 heterocycles. The molecule has 0 aliphatic carbocycles. The van der Waals surface area contributed by atoms with Crippen LogP contribution in [0.25, 0.3) is 11.0 Å². The second-order valence-electron chi connectivity index (χ2n) is 7.19. The minimum Gasteiger partial charge on any atom is -0.345 e. The Morgan fingerprint density at radius 3 is 2.52 bits per heavy atom. The molecule has 1 aromatic heterocycles. The second kappa shape index (κ2) is 8.91. The Kier molecular flexibility index (Phi) is 6.01. The third-order valence-electron chi connectivity index (χ3n) is 4.94. The van der Waals surface area contributed by atoms with E-state index in [-0.39, 0.29) is 27.2 Å². The van der Waals surface area contributed by atoms with Gasteiger partial charge in [0.25, 0.3) is 15.9 Å². The van der Waals surface area contributed by atoms with Crippen molar-refractivity contribution >= 4 is 32.7 Å². The number of nitrogens with one attached hydrogen (secondary N) is 2. The van der Waals surface area contributed by atoms with Crippen molar-refractivity contribution in [2.45, 2.75) is 17.9 Å². The Morgan fingerprint density at radius 2 is 1.73 bits per heavy atom. The molecule has 3 aromatic carbocycles. The molecular weight excluding hydrogens is 450 g/mol. The quantitative estimate of drug-likeness (QED) is 0.442. The van der Waals surface area contributed by atoms with E-state index in [1.807, 2.05) is 0 Å². The summed E-state index contributed by atoms with van der Waals surface area (Å²) < 4.78 is 55.9. The highest BCUT2D eigenvalue weighted by Gasteiger charge is 2.23. The molecule has 0 aliphatic heterocycles. The van der Waals surface area contributed by atoms with E-state index in [1.54, 1.807) is 24.3 Å². The molecule has 4 aromatic rings. The van der Waals surface area contributed by atoms with E-state index in [0.717, 1.165) is 12.1 Å². The van der Waals surface area contributed by atoms with Gasteiger partial charge in [0.1, 0.15) is 22.0 Å². The Bertz CT molecular complexity index is 1460. The summed E-state index contributed by atoms with van der Waals surface area (Å²) in [7, 11) is -4.12. The lowest BCUT2D eigenvalue weighted by molar-refractivity contribution is 0.0940. The molecule has 1 amide bonds. The molecule has 168 valence electrons. The minimum atomic E-state index is -4.12. The number of anilines is 1. The molecule has 0 spiro atoms. The van der Waals surface area contributed by atoms with Crippen molar-refractivity contribution < 1.29 is 22.0 Å². The van der Waals surface area contributed by atoms with Crippen molar-refractivity contribution in [1.29, 1.82) is 0 Å². The van der Waals surface area contributed by atoms with E-state index in [1.165, 1.54) is 43.6 Å². The summed E-state index contributed by atoms with van der Waals surface area (Å²) >= 11 is 0. The smallest absolute Gasteiger partial charge is 0.264 e. The van der Waals surface area contributed by atoms with Gasteiger partial charge in [-0.3, -0.25) is 19.5 Å². The lowest BCUT2D eigenvalue weighted by atomic mass is 10.1. The van der Waals surface area contributed by atoms with Crippen LogP contribution in [-0.4, -0.2) is 24.3 Å². The molecule has 1 atom stereocenters. The number of carbonyl (C=O) groups is 1. The van der Waals surface area contributed by atoms with Gasteiger partial charge in [-0.25, -0.2) is 17.2 Å². The average Bonchev–Trinajstić information content (AvgIpc) is 2.78. The lowest BCUT2D eigenvalue weighted by Crippen LogP contribution is -2.28. The van der Waals surface area contributed by atoms with E-state index < -0.39 is 33.6 Å². The maximum absolute atomic E-state index is 14.1. The number of carbonyl (C=O) groups excluding carboxylic acids is 1. The summed E-state index contributed by atoms with van der Waals surface area (Å²) in [6.45, 7) is 1.54. The van der Waals surface area contributed by atoms with Crippen LogP contribution >= 0.6 is 0 Å². The summed E-state index contributed by atoms with van der Waals surface area (Å²) in [5.41, 5.74) is 0.748. The molecule has 10 heteroatoms. The first kappa shape index (κ1) is 22.3. The number of halogens is 2. The van der Waals surface area contributed by atoms with Crippen molar-refractivity contribution in [2.24, 2.45) is 0 Å². The fourth-order valence-electron chi connectivity index (χ4n) is 3.36. The topological polar surface area (TPSA) is 101 Å². The molecule has 0 radical (unpaired) electrons. The highest BCUT2D eigenvalue weighted by molar-refractivity contribution is 7.93. The Morgan fingerprint density at radius 1 is 0.970 bits per heavy atom. The number of para-hydroxylation sites is 2. The summed E-state index contributed by atoms with van der Waals surface area (Å²) in [6, 6.07) is 12.9. The third kappa shape index (κ3) is 4.65. The van der Waals surface area contributed by atoms with Crippen LogP contribution in [0.15, 0.2) is 78.0 Å². The van der Waals surface area contributed by atoms with E-state index in [0.29, 0.717) is 5.52 Å². The van der Waals surface area contributed by atoms with Crippen LogP contribution in [0.1, 0.15) is 28.9 Å². The van der Waals surface area contributed by atoms with Gasteiger partial charge < -0.3 is 5.32 Å². The molecule has 7 nitrogen and oxygen atoms in total. The second-order valence-corrected chi connectivity index (χ2v) is 8.84. The molecule has 0 aliphatic rings. The third-order valence-corrected chi connectivity index (χ3v) is 6.34. The minimum absolute atomic E-state index is 0.0294. The van der Waals surface area contributed by atoms with Crippen molar-refractivity contribution in [3.8, 4) is 0 Å². The number of nitrogens with zero attached hydrogens (tertiary/aromatic N) is 2. The molecule has 0 fully saturated rings. The van der Waals surface area contributed by atoms with Crippen LogP contribution in [-0.2, 0) is 10.0 Å². The van der Waals surface area contributed by atoms with Crippen LogP contribution in [0.5, 0.6) is 0 Å². The van der Waals surface area contributed by atoms with Crippen molar-refractivity contribution in [1.82, 2.24) is 15.3 Å². The summed E-state index contributed by atoms with van der Waals surface area (Å²) in [5, 5.41) is 2.61. The van der Waals surface area contributed by atoms with Gasteiger partial charge >= 0.3 is 0 Å². The number of aromatic nitrogens is 2. The summed E-state index contributed by atoms with van der Waals surface area (Å²) in [6.07, 6.45) is 2.84.